The van der Waals surface area contributed by atoms with Crippen molar-refractivity contribution in [2.24, 2.45) is 0 Å². The summed E-state index contributed by atoms with van der Waals surface area (Å²) in [5.74, 6) is -1.85. The molecular formula is C13H16F2N2O3. The first-order valence-electron chi connectivity index (χ1n) is 6.21. The zero-order valence-electron chi connectivity index (χ0n) is 11.0. The summed E-state index contributed by atoms with van der Waals surface area (Å²) in [6, 6.07) is 3.25. The fourth-order valence-electron chi connectivity index (χ4n) is 2.14. The molecular weight excluding hydrogens is 270 g/mol. The van der Waals surface area contributed by atoms with Gasteiger partial charge in [0, 0.05) is 20.2 Å². The average Bonchev–Trinajstić information content (AvgIpc) is 2.83. The topological polar surface area (TPSA) is 50.8 Å². The summed E-state index contributed by atoms with van der Waals surface area (Å²) in [5, 5.41) is 4.26. The maximum atomic E-state index is 13.3. The van der Waals surface area contributed by atoms with Crippen LogP contribution in [0.15, 0.2) is 18.2 Å². The van der Waals surface area contributed by atoms with E-state index in [1.165, 1.54) is 6.07 Å². The van der Waals surface area contributed by atoms with Crippen LogP contribution in [0.1, 0.15) is 11.7 Å². The number of carbonyl (C=O) groups is 1. The molecule has 2 atom stereocenters. The molecule has 2 rings (SSSR count). The molecule has 1 aromatic rings. The van der Waals surface area contributed by atoms with Crippen LogP contribution in [-0.4, -0.2) is 44.3 Å². The summed E-state index contributed by atoms with van der Waals surface area (Å²) in [7, 11) is 1.57. The fourth-order valence-corrected chi connectivity index (χ4v) is 2.14. The summed E-state index contributed by atoms with van der Waals surface area (Å²) >= 11 is 0. The van der Waals surface area contributed by atoms with Crippen molar-refractivity contribution >= 4 is 6.41 Å². The van der Waals surface area contributed by atoms with Gasteiger partial charge in [0.15, 0.2) is 11.6 Å². The molecule has 5 nitrogen and oxygen atoms in total. The van der Waals surface area contributed by atoms with Crippen molar-refractivity contribution in [2.75, 3.05) is 26.8 Å². The molecule has 1 fully saturated rings. The van der Waals surface area contributed by atoms with Crippen molar-refractivity contribution in [2.45, 2.75) is 12.1 Å². The van der Waals surface area contributed by atoms with Crippen LogP contribution in [0.5, 0.6) is 0 Å². The zero-order chi connectivity index (χ0) is 14.5. The van der Waals surface area contributed by atoms with Gasteiger partial charge in [-0.1, -0.05) is 6.07 Å². The van der Waals surface area contributed by atoms with E-state index in [0.717, 1.165) is 12.1 Å². The molecule has 7 heteroatoms. The van der Waals surface area contributed by atoms with Crippen LogP contribution in [0.3, 0.4) is 0 Å². The number of hydrogen-bond acceptors (Lipinski definition) is 4. The maximum absolute atomic E-state index is 13.3. The molecule has 1 saturated heterocycles. The van der Waals surface area contributed by atoms with Crippen molar-refractivity contribution < 1.29 is 23.1 Å². The second-order valence-electron chi connectivity index (χ2n) is 4.47. The number of ether oxygens (including phenoxy) is 1. The molecule has 20 heavy (non-hydrogen) atoms. The van der Waals surface area contributed by atoms with Crippen molar-refractivity contribution in [1.29, 1.82) is 0 Å². The van der Waals surface area contributed by atoms with Gasteiger partial charge in [0.05, 0.1) is 12.6 Å². The van der Waals surface area contributed by atoms with E-state index in [4.69, 9.17) is 9.57 Å². The minimum atomic E-state index is -0.939. The van der Waals surface area contributed by atoms with E-state index in [0.29, 0.717) is 31.7 Å². The minimum absolute atomic E-state index is 0.325. The van der Waals surface area contributed by atoms with Crippen LogP contribution >= 0.6 is 0 Å². The van der Waals surface area contributed by atoms with Crippen molar-refractivity contribution in [1.82, 2.24) is 10.4 Å². The summed E-state index contributed by atoms with van der Waals surface area (Å²) in [5.41, 5.74) is 0.475. The number of nitrogens with one attached hydrogen (secondary N) is 1. The highest BCUT2D eigenvalue weighted by Crippen LogP contribution is 2.29. The van der Waals surface area contributed by atoms with Crippen LogP contribution in [0.4, 0.5) is 8.78 Å². The van der Waals surface area contributed by atoms with E-state index < -0.39 is 17.7 Å². The third kappa shape index (κ3) is 3.30. The van der Waals surface area contributed by atoms with Crippen LogP contribution in [-0.2, 0) is 14.4 Å². The molecule has 1 aliphatic heterocycles. The molecule has 1 aromatic carbocycles. The number of hydroxylamine groups is 2. The van der Waals surface area contributed by atoms with Gasteiger partial charge in [-0.2, -0.15) is 5.06 Å². The number of halogens is 2. The van der Waals surface area contributed by atoms with Crippen molar-refractivity contribution in [3.8, 4) is 0 Å². The molecule has 0 saturated carbocycles. The van der Waals surface area contributed by atoms with Gasteiger partial charge >= 0.3 is 0 Å². The number of hydrogen-bond donors (Lipinski definition) is 1. The average molecular weight is 286 g/mol. The summed E-state index contributed by atoms with van der Waals surface area (Å²) in [6.07, 6.45) is 0.0212. The van der Waals surface area contributed by atoms with Crippen LogP contribution in [0.2, 0.25) is 0 Å². The fraction of sp³-hybridized carbons (Fsp3) is 0.462. The number of methoxy groups -OCH3 is 1. The second-order valence-corrected chi connectivity index (χ2v) is 4.47. The third-order valence-electron chi connectivity index (χ3n) is 3.13. The molecule has 0 aromatic heterocycles. The Morgan fingerprint density at radius 2 is 2.30 bits per heavy atom. The first-order valence-corrected chi connectivity index (χ1v) is 6.21. The Balaban J connectivity index is 2.14. The minimum Gasteiger partial charge on any atom is -0.383 e. The van der Waals surface area contributed by atoms with E-state index in [1.807, 2.05) is 0 Å². The summed E-state index contributed by atoms with van der Waals surface area (Å²) in [4.78, 5) is 16.3. The quantitative estimate of drug-likeness (QED) is 0.793. The highest BCUT2D eigenvalue weighted by molar-refractivity contribution is 5.47. The Hall–Kier alpha value is -1.57. The van der Waals surface area contributed by atoms with Gasteiger partial charge in [0.1, 0.15) is 6.10 Å². The SMILES string of the molecule is COCCN1C[C@@H](NC=O)[C@H](c2ccc(F)c(F)c2)O1. The summed E-state index contributed by atoms with van der Waals surface area (Å²) < 4.78 is 31.2. The highest BCUT2D eigenvalue weighted by Gasteiger charge is 2.35. The Kier molecular flexibility index (Phi) is 4.99. The number of rotatable bonds is 6. The van der Waals surface area contributed by atoms with Gasteiger partial charge in [-0.05, 0) is 17.7 Å². The number of carbonyl (C=O) groups excluding carboxylic acids is 1. The monoisotopic (exact) mass is 286 g/mol. The lowest BCUT2D eigenvalue weighted by molar-refractivity contribution is -0.154. The van der Waals surface area contributed by atoms with E-state index in [2.05, 4.69) is 5.32 Å². The van der Waals surface area contributed by atoms with E-state index in [1.54, 1.807) is 12.2 Å². The largest absolute Gasteiger partial charge is 0.383 e. The molecule has 1 N–H and O–H groups in total. The molecule has 1 amide bonds. The molecule has 0 aliphatic carbocycles. The van der Waals surface area contributed by atoms with Crippen molar-refractivity contribution in [3.05, 3.63) is 35.4 Å². The van der Waals surface area contributed by atoms with Gasteiger partial charge in [0.25, 0.3) is 0 Å². The molecule has 0 radical (unpaired) electrons. The molecule has 0 unspecified atom stereocenters. The van der Waals surface area contributed by atoms with Crippen LogP contribution in [0.25, 0.3) is 0 Å². The Morgan fingerprint density at radius 3 is 2.95 bits per heavy atom. The lowest BCUT2D eigenvalue weighted by Gasteiger charge is -2.17. The lowest BCUT2D eigenvalue weighted by Crippen LogP contribution is -2.35. The standard InChI is InChI=1S/C13H16F2N2O3/c1-19-5-4-17-7-12(16-8-18)13(20-17)9-2-3-10(14)11(15)6-9/h2-3,6,8,12-13H,4-5,7H2,1H3,(H,16,18)/t12-,13+/m1/s1. The predicted octanol–water partition coefficient (Wildman–Crippen LogP) is 1.01. The number of amides is 1. The number of benzene rings is 1. The molecule has 1 heterocycles. The van der Waals surface area contributed by atoms with E-state index >= 15 is 0 Å². The molecule has 110 valence electrons. The lowest BCUT2D eigenvalue weighted by atomic mass is 10.0. The van der Waals surface area contributed by atoms with Gasteiger partial charge in [-0.25, -0.2) is 8.78 Å². The number of nitrogens with zero attached hydrogens (tertiary/aromatic N) is 1. The Labute approximate surface area is 115 Å². The smallest absolute Gasteiger partial charge is 0.207 e. The first kappa shape index (κ1) is 14.8. The normalized spacial score (nSPS) is 22.9. The van der Waals surface area contributed by atoms with Gasteiger partial charge in [-0.3, -0.25) is 9.63 Å². The maximum Gasteiger partial charge on any atom is 0.207 e. The van der Waals surface area contributed by atoms with Crippen molar-refractivity contribution in [3.63, 3.8) is 0 Å². The predicted molar refractivity (Wildman–Crippen MR) is 66.6 cm³/mol. The zero-order valence-corrected chi connectivity index (χ0v) is 11.0. The van der Waals surface area contributed by atoms with Crippen LogP contribution in [0, 0.1) is 11.6 Å². The molecule has 0 spiro atoms. The van der Waals surface area contributed by atoms with Gasteiger partial charge in [-0.15, -0.1) is 0 Å². The van der Waals surface area contributed by atoms with E-state index in [9.17, 15) is 13.6 Å². The Bertz CT molecular complexity index is 473. The van der Waals surface area contributed by atoms with Gasteiger partial charge in [0.2, 0.25) is 6.41 Å². The van der Waals surface area contributed by atoms with E-state index in [-0.39, 0.29) is 6.04 Å². The van der Waals surface area contributed by atoms with Crippen LogP contribution < -0.4 is 5.32 Å². The first-order chi connectivity index (χ1) is 9.65. The summed E-state index contributed by atoms with van der Waals surface area (Å²) in [6.45, 7) is 1.44. The second kappa shape index (κ2) is 6.74. The molecule has 1 aliphatic rings. The highest BCUT2D eigenvalue weighted by atomic mass is 19.2. The third-order valence-corrected chi connectivity index (χ3v) is 3.13. The Morgan fingerprint density at radius 1 is 1.50 bits per heavy atom. The molecule has 0 bridgehead atoms. The van der Waals surface area contributed by atoms with Gasteiger partial charge < -0.3 is 10.1 Å².